The summed E-state index contributed by atoms with van der Waals surface area (Å²) < 4.78 is 27.3. The highest BCUT2D eigenvalue weighted by Gasteiger charge is 2.26. The third kappa shape index (κ3) is 23.4. The molecular formula is C38H64N2O7. The first kappa shape index (κ1) is 42.5. The van der Waals surface area contributed by atoms with Crippen LogP contribution in [-0.2, 0) is 33.3 Å². The van der Waals surface area contributed by atoms with Crippen LogP contribution in [0.25, 0.3) is 0 Å². The first-order chi connectivity index (χ1) is 22.7. The predicted molar refractivity (Wildman–Crippen MR) is 190 cm³/mol. The van der Waals surface area contributed by atoms with Gasteiger partial charge in [-0.25, -0.2) is 0 Å². The molecule has 0 aliphatic heterocycles. The maximum atomic E-state index is 12.2. The minimum absolute atomic E-state index is 0.0189. The molecular weight excluding hydrogens is 596 g/mol. The summed E-state index contributed by atoms with van der Waals surface area (Å²) in [5, 5.41) is 5.77. The molecule has 0 fully saturated rings. The summed E-state index contributed by atoms with van der Waals surface area (Å²) in [5.74, 6) is -0.121. The Morgan fingerprint density at radius 2 is 1.34 bits per heavy atom. The van der Waals surface area contributed by atoms with Gasteiger partial charge in [-0.05, 0) is 75.9 Å². The van der Waals surface area contributed by atoms with Gasteiger partial charge >= 0.3 is 0 Å². The zero-order valence-electron chi connectivity index (χ0n) is 30.3. The van der Waals surface area contributed by atoms with E-state index in [1.54, 1.807) is 6.08 Å². The number of carbonyl (C=O) groups excluding carboxylic acids is 2. The van der Waals surface area contributed by atoms with Crippen molar-refractivity contribution < 1.29 is 33.3 Å². The summed E-state index contributed by atoms with van der Waals surface area (Å²) in [6.07, 6.45) is 18.6. The fourth-order valence-corrected chi connectivity index (χ4v) is 4.99. The number of hydrogen-bond acceptors (Lipinski definition) is 7. The number of allylic oxidation sites excluding steroid dienone is 9. The van der Waals surface area contributed by atoms with E-state index in [1.165, 1.54) is 36.0 Å². The molecule has 0 unspecified atom stereocenters. The second-order valence-electron chi connectivity index (χ2n) is 12.6. The highest BCUT2D eigenvalue weighted by molar-refractivity contribution is 5.88. The van der Waals surface area contributed by atoms with E-state index in [0.717, 1.165) is 31.4 Å². The molecule has 0 radical (unpaired) electrons. The van der Waals surface area contributed by atoms with Gasteiger partial charge in [0.25, 0.3) is 0 Å². The van der Waals surface area contributed by atoms with E-state index in [9.17, 15) is 9.59 Å². The highest BCUT2D eigenvalue weighted by Crippen LogP contribution is 2.40. The van der Waals surface area contributed by atoms with Crippen LogP contribution in [0, 0.1) is 5.41 Å². The molecule has 2 N–H and O–H groups in total. The molecule has 0 aromatic heterocycles. The number of nitrogens with one attached hydrogen (secondary N) is 2. The Bertz CT molecular complexity index is 1030. The van der Waals surface area contributed by atoms with Crippen LogP contribution in [0.2, 0.25) is 0 Å². The Morgan fingerprint density at radius 3 is 1.96 bits per heavy atom. The highest BCUT2D eigenvalue weighted by atomic mass is 16.5. The maximum Gasteiger partial charge on any atom is 0.244 e. The SMILES string of the molecule is CCCOCCOCCC(=O)NCCCOCCOCCOCCCNC(=O)/C=C(C)/C=C/C=C(C)/C=C/C1=C(C)CCCC1(C)C. The molecule has 1 aliphatic carbocycles. The normalized spacial score (nSPS) is 15.6. The Hall–Kier alpha value is -2.56. The average Bonchev–Trinajstić information content (AvgIpc) is 3.01. The van der Waals surface area contributed by atoms with Gasteiger partial charge in [-0.15, -0.1) is 0 Å². The largest absolute Gasteiger partial charge is 0.379 e. The third-order valence-corrected chi connectivity index (χ3v) is 7.62. The lowest BCUT2D eigenvalue weighted by atomic mass is 9.72. The van der Waals surface area contributed by atoms with Gasteiger partial charge in [0, 0.05) is 45.4 Å². The molecule has 268 valence electrons. The van der Waals surface area contributed by atoms with Gasteiger partial charge in [0.1, 0.15) is 0 Å². The molecule has 0 aromatic rings. The smallest absolute Gasteiger partial charge is 0.244 e. The lowest BCUT2D eigenvalue weighted by Crippen LogP contribution is -2.26. The van der Waals surface area contributed by atoms with E-state index in [0.29, 0.717) is 79.0 Å². The molecule has 0 bridgehead atoms. The number of hydrogen-bond donors (Lipinski definition) is 2. The van der Waals surface area contributed by atoms with Crippen molar-refractivity contribution in [1.29, 1.82) is 0 Å². The molecule has 0 heterocycles. The summed E-state index contributed by atoms with van der Waals surface area (Å²) in [5.41, 5.74) is 5.27. The van der Waals surface area contributed by atoms with Gasteiger partial charge < -0.3 is 34.3 Å². The Morgan fingerprint density at radius 1 is 0.766 bits per heavy atom. The van der Waals surface area contributed by atoms with Crippen LogP contribution in [0.3, 0.4) is 0 Å². The van der Waals surface area contributed by atoms with Gasteiger partial charge in [0.05, 0.1) is 46.2 Å². The monoisotopic (exact) mass is 660 g/mol. The van der Waals surface area contributed by atoms with E-state index in [-0.39, 0.29) is 17.2 Å². The number of amides is 2. The number of ether oxygens (including phenoxy) is 5. The van der Waals surface area contributed by atoms with E-state index in [4.69, 9.17) is 23.7 Å². The lowest BCUT2D eigenvalue weighted by Gasteiger charge is -2.32. The first-order valence-corrected chi connectivity index (χ1v) is 17.5. The van der Waals surface area contributed by atoms with Crippen LogP contribution >= 0.6 is 0 Å². The third-order valence-electron chi connectivity index (χ3n) is 7.62. The number of carbonyl (C=O) groups is 2. The van der Waals surface area contributed by atoms with Crippen molar-refractivity contribution in [1.82, 2.24) is 10.6 Å². The zero-order valence-corrected chi connectivity index (χ0v) is 30.3. The summed E-state index contributed by atoms with van der Waals surface area (Å²) in [7, 11) is 0. The fraction of sp³-hybridized carbons (Fsp3) is 0.684. The van der Waals surface area contributed by atoms with E-state index in [1.807, 2.05) is 19.1 Å². The van der Waals surface area contributed by atoms with Crippen molar-refractivity contribution in [3.63, 3.8) is 0 Å². The molecule has 0 aromatic carbocycles. The van der Waals surface area contributed by atoms with Gasteiger partial charge in [0.2, 0.25) is 11.8 Å². The van der Waals surface area contributed by atoms with Gasteiger partial charge in [-0.3, -0.25) is 9.59 Å². The second-order valence-corrected chi connectivity index (χ2v) is 12.6. The van der Waals surface area contributed by atoms with Crippen molar-refractivity contribution in [3.8, 4) is 0 Å². The Labute approximate surface area is 285 Å². The quantitative estimate of drug-likeness (QED) is 0.0596. The fourth-order valence-electron chi connectivity index (χ4n) is 4.99. The van der Waals surface area contributed by atoms with Crippen LogP contribution in [0.15, 0.2) is 58.7 Å². The minimum Gasteiger partial charge on any atom is -0.379 e. The van der Waals surface area contributed by atoms with Crippen LogP contribution in [0.1, 0.15) is 86.5 Å². The predicted octanol–water partition coefficient (Wildman–Crippen LogP) is 6.41. The molecule has 0 atom stereocenters. The molecule has 1 rings (SSSR count). The summed E-state index contributed by atoms with van der Waals surface area (Å²) in [4.78, 5) is 24.0. The number of rotatable bonds is 27. The minimum atomic E-state index is -0.102. The molecule has 47 heavy (non-hydrogen) atoms. The van der Waals surface area contributed by atoms with Crippen molar-refractivity contribution in [3.05, 3.63) is 58.7 Å². The Kier molecular flexibility index (Phi) is 24.8. The van der Waals surface area contributed by atoms with E-state index >= 15 is 0 Å². The summed E-state index contributed by atoms with van der Waals surface area (Å²) >= 11 is 0. The van der Waals surface area contributed by atoms with Crippen molar-refractivity contribution in [2.75, 3.05) is 79.2 Å². The van der Waals surface area contributed by atoms with Gasteiger partial charge in [0.15, 0.2) is 0 Å². The molecule has 1 aliphatic rings. The topological polar surface area (TPSA) is 104 Å². The van der Waals surface area contributed by atoms with Crippen LogP contribution in [0.5, 0.6) is 0 Å². The van der Waals surface area contributed by atoms with E-state index < -0.39 is 0 Å². The van der Waals surface area contributed by atoms with Crippen molar-refractivity contribution >= 4 is 11.8 Å². The van der Waals surface area contributed by atoms with Gasteiger partial charge in [-0.1, -0.05) is 62.3 Å². The zero-order chi connectivity index (χ0) is 34.6. The van der Waals surface area contributed by atoms with Crippen LogP contribution in [-0.4, -0.2) is 91.0 Å². The maximum absolute atomic E-state index is 12.2. The molecule has 0 saturated heterocycles. The first-order valence-electron chi connectivity index (χ1n) is 17.5. The van der Waals surface area contributed by atoms with Crippen LogP contribution in [0.4, 0.5) is 0 Å². The van der Waals surface area contributed by atoms with Gasteiger partial charge in [-0.2, -0.15) is 0 Å². The molecule has 9 heteroatoms. The lowest BCUT2D eigenvalue weighted by molar-refractivity contribution is -0.122. The molecule has 0 spiro atoms. The summed E-state index contributed by atoms with van der Waals surface area (Å²) in [6, 6.07) is 0. The Balaban J connectivity index is 1.98. The van der Waals surface area contributed by atoms with Crippen molar-refractivity contribution in [2.24, 2.45) is 5.41 Å². The standard InChI is InChI=1S/C38H64N2O7/c1-7-21-43-25-28-46-24-17-36(41)39-19-10-22-44-26-29-47-30-27-45-23-11-20-40-37(42)31-33(3)13-8-12-32(2)15-16-35-34(4)14-9-18-38(35,5)6/h8,12-13,15-16,31H,7,9-11,14,17-30H2,1-6H3,(H,39,41)(H,40,42)/b13-8+,16-15+,32-12+,33-31+. The molecule has 2 amide bonds. The molecule has 0 saturated carbocycles. The van der Waals surface area contributed by atoms with Crippen molar-refractivity contribution in [2.45, 2.75) is 86.5 Å². The molecule has 9 nitrogen and oxygen atoms in total. The second kappa shape index (κ2) is 27.4. The average molecular weight is 661 g/mol. The van der Waals surface area contributed by atoms with Crippen LogP contribution < -0.4 is 10.6 Å². The van der Waals surface area contributed by atoms with E-state index in [2.05, 4.69) is 63.5 Å². The summed E-state index contributed by atoms with van der Waals surface area (Å²) in [6.45, 7) is 19.5.